The van der Waals surface area contributed by atoms with Gasteiger partial charge < -0.3 is 14.5 Å². The summed E-state index contributed by atoms with van der Waals surface area (Å²) in [6, 6.07) is 18.5. The normalized spacial score (nSPS) is 10.7. The first-order valence-electron chi connectivity index (χ1n) is 9.37. The fourth-order valence-corrected chi connectivity index (χ4v) is 3.74. The maximum Gasteiger partial charge on any atom is 0.261 e. The van der Waals surface area contributed by atoms with E-state index in [1.807, 2.05) is 49.4 Å². The number of para-hydroxylation sites is 2. The minimum atomic E-state index is -0.372. The van der Waals surface area contributed by atoms with Gasteiger partial charge in [-0.2, -0.15) is 0 Å². The molecule has 31 heavy (non-hydrogen) atoms. The summed E-state index contributed by atoms with van der Waals surface area (Å²) in [5, 5.41) is 5.95. The van der Waals surface area contributed by atoms with Gasteiger partial charge in [0.25, 0.3) is 5.91 Å². The smallest absolute Gasteiger partial charge is 0.261 e. The Morgan fingerprint density at radius 2 is 1.94 bits per heavy atom. The van der Waals surface area contributed by atoms with Gasteiger partial charge in [-0.05, 0) is 67.2 Å². The number of ether oxygens (including phenoxy) is 1. The molecular weight excluding hydrogens is 478 g/mol. The van der Waals surface area contributed by atoms with Gasteiger partial charge in [0.1, 0.15) is 11.3 Å². The molecule has 8 heteroatoms. The molecule has 0 atom stereocenters. The number of halogens is 1. The van der Waals surface area contributed by atoms with Crippen LogP contribution in [0, 0.1) is 6.92 Å². The van der Waals surface area contributed by atoms with Crippen molar-refractivity contribution in [2.75, 3.05) is 12.4 Å². The van der Waals surface area contributed by atoms with E-state index in [9.17, 15) is 4.79 Å². The topological polar surface area (TPSA) is 76.4 Å². The van der Waals surface area contributed by atoms with Gasteiger partial charge in [0.2, 0.25) is 5.89 Å². The number of methoxy groups -OCH3 is 1. The van der Waals surface area contributed by atoms with Crippen LogP contribution >= 0.6 is 28.1 Å². The average Bonchev–Trinajstić information content (AvgIpc) is 3.19. The maximum absolute atomic E-state index is 12.7. The summed E-state index contributed by atoms with van der Waals surface area (Å²) in [6.45, 7) is 1.94. The van der Waals surface area contributed by atoms with Crippen molar-refractivity contribution in [3.63, 3.8) is 0 Å². The zero-order valence-corrected chi connectivity index (χ0v) is 19.1. The molecule has 1 aromatic heterocycles. The molecular formula is C23H18BrN3O3S. The number of carbonyl (C=O) groups is 1. The molecule has 156 valence electrons. The fraction of sp³-hybridized carbons (Fsp3) is 0.0870. The first-order chi connectivity index (χ1) is 15.0. The van der Waals surface area contributed by atoms with Crippen LogP contribution in [0.15, 0.2) is 69.6 Å². The summed E-state index contributed by atoms with van der Waals surface area (Å²) in [6.07, 6.45) is 0. The molecule has 0 unspecified atom stereocenters. The Balaban J connectivity index is 1.54. The Bertz CT molecular complexity index is 1270. The van der Waals surface area contributed by atoms with Crippen LogP contribution in [0.1, 0.15) is 15.9 Å². The molecule has 6 nitrogen and oxygen atoms in total. The first kappa shape index (κ1) is 21.0. The third-order valence-corrected chi connectivity index (χ3v) is 5.44. The summed E-state index contributed by atoms with van der Waals surface area (Å²) in [4.78, 5) is 17.2. The number of thiocarbonyl (C=S) groups is 1. The molecule has 1 heterocycles. The standard InChI is InChI=1S/C23H18BrN3O3S/c1-13-15(22-25-18-7-3-4-9-20(18)30-22)6-5-8-17(13)26-23(31)27-21(28)16-12-14(24)10-11-19(16)29-2/h3-12H,1-2H3,(H2,26,27,28,31). The summed E-state index contributed by atoms with van der Waals surface area (Å²) >= 11 is 8.73. The van der Waals surface area contributed by atoms with E-state index >= 15 is 0 Å². The lowest BCUT2D eigenvalue weighted by molar-refractivity contribution is 0.0974. The van der Waals surface area contributed by atoms with Crippen molar-refractivity contribution in [2.24, 2.45) is 0 Å². The minimum Gasteiger partial charge on any atom is -0.496 e. The predicted molar refractivity (Wildman–Crippen MR) is 129 cm³/mol. The van der Waals surface area contributed by atoms with Crippen LogP contribution < -0.4 is 15.4 Å². The van der Waals surface area contributed by atoms with E-state index in [0.717, 1.165) is 32.4 Å². The predicted octanol–water partition coefficient (Wildman–Crippen LogP) is 5.70. The summed E-state index contributed by atoms with van der Waals surface area (Å²) < 4.78 is 11.9. The molecule has 0 spiro atoms. The highest BCUT2D eigenvalue weighted by Crippen LogP contribution is 2.30. The number of hydrogen-bond acceptors (Lipinski definition) is 5. The van der Waals surface area contributed by atoms with Crippen LogP contribution in [-0.4, -0.2) is 23.1 Å². The highest BCUT2D eigenvalue weighted by atomic mass is 79.9. The molecule has 0 bridgehead atoms. The van der Waals surface area contributed by atoms with E-state index in [2.05, 4.69) is 31.5 Å². The van der Waals surface area contributed by atoms with Gasteiger partial charge in [0.15, 0.2) is 10.7 Å². The molecule has 0 fully saturated rings. The lowest BCUT2D eigenvalue weighted by Crippen LogP contribution is -2.34. The molecule has 0 aliphatic rings. The molecule has 4 rings (SSSR count). The monoisotopic (exact) mass is 495 g/mol. The summed E-state index contributed by atoms with van der Waals surface area (Å²) in [5.41, 5.74) is 4.36. The van der Waals surface area contributed by atoms with Gasteiger partial charge in [0.05, 0.1) is 12.7 Å². The van der Waals surface area contributed by atoms with Gasteiger partial charge in [-0.3, -0.25) is 10.1 Å². The fourth-order valence-electron chi connectivity index (χ4n) is 3.17. The zero-order chi connectivity index (χ0) is 22.0. The molecule has 0 aliphatic heterocycles. The number of fused-ring (bicyclic) bond motifs is 1. The number of aromatic nitrogens is 1. The highest BCUT2D eigenvalue weighted by molar-refractivity contribution is 9.10. The van der Waals surface area contributed by atoms with Crippen LogP contribution in [0.3, 0.4) is 0 Å². The third kappa shape index (κ3) is 4.45. The Hall–Kier alpha value is -3.23. The highest BCUT2D eigenvalue weighted by Gasteiger charge is 2.16. The van der Waals surface area contributed by atoms with Gasteiger partial charge >= 0.3 is 0 Å². The van der Waals surface area contributed by atoms with Gasteiger partial charge in [-0.15, -0.1) is 0 Å². The number of nitrogens with one attached hydrogen (secondary N) is 2. The molecule has 1 amide bonds. The second kappa shape index (κ2) is 8.87. The number of carbonyl (C=O) groups excluding carboxylic acids is 1. The summed E-state index contributed by atoms with van der Waals surface area (Å²) in [5.74, 6) is 0.609. The van der Waals surface area contributed by atoms with E-state index in [1.165, 1.54) is 7.11 Å². The van der Waals surface area contributed by atoms with E-state index < -0.39 is 0 Å². The van der Waals surface area contributed by atoms with Crippen molar-refractivity contribution in [1.29, 1.82) is 0 Å². The lowest BCUT2D eigenvalue weighted by atomic mass is 10.1. The number of anilines is 1. The molecule has 0 saturated heterocycles. The van der Waals surface area contributed by atoms with Crippen molar-refractivity contribution < 1.29 is 13.9 Å². The van der Waals surface area contributed by atoms with Crippen molar-refractivity contribution in [1.82, 2.24) is 10.3 Å². The Kier molecular flexibility index (Phi) is 6.01. The number of amides is 1. The molecule has 2 N–H and O–H groups in total. The van der Waals surface area contributed by atoms with Crippen molar-refractivity contribution in [3.8, 4) is 17.2 Å². The van der Waals surface area contributed by atoms with Crippen molar-refractivity contribution >= 4 is 56.0 Å². The second-order valence-electron chi connectivity index (χ2n) is 6.72. The lowest BCUT2D eigenvalue weighted by Gasteiger charge is -2.14. The van der Waals surface area contributed by atoms with Gasteiger partial charge in [-0.1, -0.05) is 34.1 Å². The van der Waals surface area contributed by atoms with Crippen LogP contribution in [0.4, 0.5) is 5.69 Å². The van der Waals surface area contributed by atoms with Gasteiger partial charge in [-0.25, -0.2) is 4.98 Å². The summed E-state index contributed by atoms with van der Waals surface area (Å²) in [7, 11) is 1.51. The van der Waals surface area contributed by atoms with Gasteiger partial charge in [0, 0.05) is 15.7 Å². The van der Waals surface area contributed by atoms with Crippen LogP contribution in [0.2, 0.25) is 0 Å². The zero-order valence-electron chi connectivity index (χ0n) is 16.7. The Labute approximate surface area is 192 Å². The maximum atomic E-state index is 12.7. The van der Waals surface area contributed by atoms with E-state index in [-0.39, 0.29) is 11.0 Å². The Morgan fingerprint density at radius 3 is 2.71 bits per heavy atom. The quantitative estimate of drug-likeness (QED) is 0.353. The first-order valence-corrected chi connectivity index (χ1v) is 10.6. The third-order valence-electron chi connectivity index (χ3n) is 4.74. The average molecular weight is 496 g/mol. The van der Waals surface area contributed by atoms with E-state index in [0.29, 0.717) is 17.2 Å². The van der Waals surface area contributed by atoms with Crippen LogP contribution in [0.25, 0.3) is 22.6 Å². The number of nitrogens with zero attached hydrogens (tertiary/aromatic N) is 1. The van der Waals surface area contributed by atoms with Crippen molar-refractivity contribution in [2.45, 2.75) is 6.92 Å². The number of benzene rings is 3. The van der Waals surface area contributed by atoms with Crippen molar-refractivity contribution in [3.05, 3.63) is 76.3 Å². The molecule has 0 radical (unpaired) electrons. The number of oxazole rings is 1. The number of rotatable bonds is 4. The Morgan fingerprint density at radius 1 is 1.13 bits per heavy atom. The van der Waals surface area contributed by atoms with E-state index in [4.69, 9.17) is 21.4 Å². The minimum absolute atomic E-state index is 0.171. The molecule has 0 saturated carbocycles. The van der Waals surface area contributed by atoms with E-state index in [1.54, 1.807) is 18.2 Å². The van der Waals surface area contributed by atoms with Crippen LogP contribution in [0.5, 0.6) is 5.75 Å². The second-order valence-corrected chi connectivity index (χ2v) is 8.04. The molecule has 3 aromatic carbocycles. The largest absolute Gasteiger partial charge is 0.496 e. The number of hydrogen-bond donors (Lipinski definition) is 2. The SMILES string of the molecule is COc1ccc(Br)cc1C(=O)NC(=S)Nc1cccc(-c2nc3ccccc3o2)c1C. The van der Waals surface area contributed by atoms with Crippen LogP contribution in [-0.2, 0) is 0 Å². The molecule has 4 aromatic rings. The molecule has 0 aliphatic carbocycles.